The summed E-state index contributed by atoms with van der Waals surface area (Å²) >= 11 is 0. The lowest BCUT2D eigenvalue weighted by Gasteiger charge is -2.13. The molecule has 0 fully saturated rings. The second-order valence-electron chi connectivity index (χ2n) is 3.35. The van der Waals surface area contributed by atoms with Gasteiger partial charge in [0.05, 0.1) is 12.6 Å². The first-order valence-corrected chi connectivity index (χ1v) is 5.11. The molecule has 1 atom stereocenters. The monoisotopic (exact) mass is 205 g/mol. The topological polar surface area (TPSA) is 69.4 Å². The molecule has 0 bridgehead atoms. The fraction of sp³-hybridized carbons (Fsp3) is 0.400. The maximum absolute atomic E-state index is 4.24. The van der Waals surface area contributed by atoms with Crippen LogP contribution >= 0.6 is 0 Å². The van der Waals surface area contributed by atoms with E-state index in [1.165, 1.54) is 0 Å². The third-order valence-electron chi connectivity index (χ3n) is 2.33. The van der Waals surface area contributed by atoms with Gasteiger partial charge in [-0.3, -0.25) is 0 Å². The van der Waals surface area contributed by atoms with Gasteiger partial charge in [-0.2, -0.15) is 0 Å². The van der Waals surface area contributed by atoms with Crippen molar-refractivity contribution >= 4 is 0 Å². The molecule has 0 aliphatic heterocycles. The van der Waals surface area contributed by atoms with Crippen LogP contribution in [0.2, 0.25) is 0 Å². The molecule has 3 N–H and O–H groups in total. The van der Waals surface area contributed by atoms with Crippen LogP contribution in [0.15, 0.2) is 24.8 Å². The predicted molar refractivity (Wildman–Crippen MR) is 57.0 cm³/mol. The van der Waals surface area contributed by atoms with Crippen LogP contribution in [0.1, 0.15) is 31.0 Å². The molecule has 0 saturated carbocycles. The lowest BCUT2D eigenvalue weighted by Crippen LogP contribution is -2.21. The molecule has 5 nitrogen and oxygen atoms in total. The van der Waals surface area contributed by atoms with Crippen molar-refractivity contribution in [2.75, 3.05) is 0 Å². The molecular weight excluding hydrogens is 190 g/mol. The molecule has 2 aromatic rings. The third-order valence-corrected chi connectivity index (χ3v) is 2.33. The van der Waals surface area contributed by atoms with Gasteiger partial charge in [0.25, 0.3) is 0 Å². The second kappa shape index (κ2) is 4.75. The number of nitrogens with zero attached hydrogens (tertiary/aromatic N) is 2. The minimum absolute atomic E-state index is 0.255. The first kappa shape index (κ1) is 9.92. The Bertz CT molecular complexity index is 364. The van der Waals surface area contributed by atoms with E-state index < -0.39 is 0 Å². The lowest BCUT2D eigenvalue weighted by atomic mass is 10.2. The van der Waals surface area contributed by atoms with Crippen molar-refractivity contribution in [3.8, 4) is 0 Å². The molecule has 0 aromatic carbocycles. The summed E-state index contributed by atoms with van der Waals surface area (Å²) in [5, 5.41) is 3.39. The van der Waals surface area contributed by atoms with Gasteiger partial charge < -0.3 is 15.3 Å². The Labute approximate surface area is 88.4 Å². The van der Waals surface area contributed by atoms with Crippen molar-refractivity contribution in [2.45, 2.75) is 25.9 Å². The van der Waals surface area contributed by atoms with E-state index >= 15 is 0 Å². The van der Waals surface area contributed by atoms with Gasteiger partial charge in [0, 0.05) is 24.8 Å². The van der Waals surface area contributed by atoms with E-state index in [9.17, 15) is 0 Å². The molecule has 15 heavy (non-hydrogen) atoms. The average Bonchev–Trinajstić information content (AvgIpc) is 2.90. The first-order valence-electron chi connectivity index (χ1n) is 5.11. The van der Waals surface area contributed by atoms with Crippen molar-refractivity contribution in [2.24, 2.45) is 0 Å². The van der Waals surface area contributed by atoms with E-state index in [2.05, 4.69) is 32.2 Å². The zero-order valence-corrected chi connectivity index (χ0v) is 8.70. The van der Waals surface area contributed by atoms with Gasteiger partial charge in [0.1, 0.15) is 11.6 Å². The normalized spacial score (nSPS) is 12.9. The molecule has 2 aromatic heterocycles. The Morgan fingerprint density at radius 3 is 2.67 bits per heavy atom. The molecule has 2 rings (SSSR count). The summed E-state index contributed by atoms with van der Waals surface area (Å²) in [7, 11) is 0. The summed E-state index contributed by atoms with van der Waals surface area (Å²) in [5.41, 5.74) is 0. The summed E-state index contributed by atoms with van der Waals surface area (Å²) in [4.78, 5) is 14.6. The minimum Gasteiger partial charge on any atom is -0.348 e. The summed E-state index contributed by atoms with van der Waals surface area (Å²) in [5.74, 6) is 1.92. The quantitative estimate of drug-likeness (QED) is 0.690. The van der Waals surface area contributed by atoms with Crippen LogP contribution in [0.25, 0.3) is 0 Å². The van der Waals surface area contributed by atoms with Crippen LogP contribution in [-0.2, 0) is 6.54 Å². The number of hydrogen-bond acceptors (Lipinski definition) is 3. The lowest BCUT2D eigenvalue weighted by molar-refractivity contribution is 0.490. The molecule has 80 valence electrons. The van der Waals surface area contributed by atoms with Crippen molar-refractivity contribution in [3.05, 3.63) is 36.4 Å². The SMILES string of the molecule is CCC(NCc1ncc[nH]1)c1ncc[nH]1. The standard InChI is InChI=1S/C10H15N5/c1-2-8(10-13-5-6-14-10)15-7-9-11-3-4-12-9/h3-6,8,15H,2,7H2,1H3,(H,11,12)(H,13,14). The number of aromatic nitrogens is 4. The van der Waals surface area contributed by atoms with Gasteiger partial charge in [-0.25, -0.2) is 9.97 Å². The summed E-state index contributed by atoms with van der Waals surface area (Å²) in [6.45, 7) is 2.86. The van der Waals surface area contributed by atoms with Gasteiger partial charge in [0.15, 0.2) is 0 Å². The van der Waals surface area contributed by atoms with Crippen molar-refractivity contribution < 1.29 is 0 Å². The van der Waals surface area contributed by atoms with Gasteiger partial charge in [-0.05, 0) is 6.42 Å². The molecule has 0 aliphatic rings. The third kappa shape index (κ3) is 2.44. The van der Waals surface area contributed by atoms with Crippen LogP contribution < -0.4 is 5.32 Å². The number of imidazole rings is 2. The second-order valence-corrected chi connectivity index (χ2v) is 3.35. The van der Waals surface area contributed by atoms with E-state index in [-0.39, 0.29) is 6.04 Å². The highest BCUT2D eigenvalue weighted by Gasteiger charge is 2.10. The van der Waals surface area contributed by atoms with Crippen molar-refractivity contribution in [3.63, 3.8) is 0 Å². The Balaban J connectivity index is 1.92. The van der Waals surface area contributed by atoms with E-state index in [1.807, 2.05) is 12.4 Å². The predicted octanol–water partition coefficient (Wildman–Crippen LogP) is 1.37. The Morgan fingerprint density at radius 2 is 2.07 bits per heavy atom. The Morgan fingerprint density at radius 1 is 1.27 bits per heavy atom. The maximum atomic E-state index is 4.24. The first-order chi connectivity index (χ1) is 7.40. The molecule has 2 heterocycles. The van der Waals surface area contributed by atoms with Gasteiger partial charge in [0.2, 0.25) is 0 Å². The van der Waals surface area contributed by atoms with Gasteiger partial charge >= 0.3 is 0 Å². The zero-order chi connectivity index (χ0) is 10.5. The number of H-pyrrole nitrogens is 2. The van der Waals surface area contributed by atoms with Crippen LogP contribution in [0.5, 0.6) is 0 Å². The van der Waals surface area contributed by atoms with E-state index in [0.29, 0.717) is 0 Å². The van der Waals surface area contributed by atoms with E-state index in [0.717, 1.165) is 24.6 Å². The number of nitrogens with one attached hydrogen (secondary N) is 3. The Hall–Kier alpha value is -1.62. The van der Waals surface area contributed by atoms with Crippen LogP contribution in [0.3, 0.4) is 0 Å². The highest BCUT2D eigenvalue weighted by molar-refractivity contribution is 4.96. The van der Waals surface area contributed by atoms with Gasteiger partial charge in [-0.15, -0.1) is 0 Å². The van der Waals surface area contributed by atoms with Crippen LogP contribution in [0.4, 0.5) is 0 Å². The van der Waals surface area contributed by atoms with Crippen LogP contribution in [-0.4, -0.2) is 19.9 Å². The van der Waals surface area contributed by atoms with E-state index in [1.54, 1.807) is 12.4 Å². The number of rotatable bonds is 5. The average molecular weight is 205 g/mol. The van der Waals surface area contributed by atoms with Crippen molar-refractivity contribution in [1.82, 2.24) is 25.3 Å². The smallest absolute Gasteiger partial charge is 0.123 e. The molecule has 0 spiro atoms. The highest BCUT2D eigenvalue weighted by atomic mass is 15.0. The molecule has 0 radical (unpaired) electrons. The summed E-state index contributed by atoms with van der Waals surface area (Å²) in [6, 6.07) is 0.255. The molecule has 1 unspecified atom stereocenters. The molecule has 5 heteroatoms. The van der Waals surface area contributed by atoms with Gasteiger partial charge in [-0.1, -0.05) is 6.92 Å². The largest absolute Gasteiger partial charge is 0.348 e. The maximum Gasteiger partial charge on any atom is 0.123 e. The molecule has 0 saturated heterocycles. The van der Waals surface area contributed by atoms with Crippen molar-refractivity contribution in [1.29, 1.82) is 0 Å². The summed E-state index contributed by atoms with van der Waals surface area (Å²) < 4.78 is 0. The molecular formula is C10H15N5. The fourth-order valence-electron chi connectivity index (χ4n) is 1.52. The fourth-order valence-corrected chi connectivity index (χ4v) is 1.52. The number of aromatic amines is 2. The molecule has 0 amide bonds. The summed E-state index contributed by atoms with van der Waals surface area (Å²) in [6.07, 6.45) is 8.18. The van der Waals surface area contributed by atoms with Crippen LogP contribution in [0, 0.1) is 0 Å². The zero-order valence-electron chi connectivity index (χ0n) is 8.70. The number of hydrogen-bond donors (Lipinski definition) is 3. The Kier molecular flexibility index (Phi) is 3.14. The minimum atomic E-state index is 0.255. The highest BCUT2D eigenvalue weighted by Crippen LogP contribution is 2.11. The molecule has 0 aliphatic carbocycles. The van der Waals surface area contributed by atoms with E-state index in [4.69, 9.17) is 0 Å².